The van der Waals surface area contributed by atoms with Gasteiger partial charge in [-0.15, -0.1) is 0 Å². The van der Waals surface area contributed by atoms with E-state index in [-0.39, 0.29) is 12.1 Å². The molecule has 1 saturated carbocycles. The van der Waals surface area contributed by atoms with Crippen LogP contribution >= 0.6 is 15.9 Å². The molecule has 0 atom stereocenters. The molecule has 0 spiro atoms. The Labute approximate surface area is 199 Å². The van der Waals surface area contributed by atoms with Crippen molar-refractivity contribution in [1.82, 2.24) is 9.47 Å². The molecule has 0 aliphatic heterocycles. The summed E-state index contributed by atoms with van der Waals surface area (Å²) in [5.41, 5.74) is 5.63. The molecule has 0 bridgehead atoms. The zero-order valence-corrected chi connectivity index (χ0v) is 20.6. The maximum Gasteiger partial charge on any atom is 0.322 e. The van der Waals surface area contributed by atoms with Crippen LogP contribution in [-0.4, -0.2) is 21.5 Å². The molecular formula is C27H32BrN3O. The monoisotopic (exact) mass is 493 g/mol. The van der Waals surface area contributed by atoms with E-state index in [1.165, 1.54) is 30.4 Å². The van der Waals surface area contributed by atoms with Crippen molar-refractivity contribution in [3.63, 3.8) is 0 Å². The molecule has 1 N–H and O–H groups in total. The first kappa shape index (κ1) is 22.7. The van der Waals surface area contributed by atoms with Crippen molar-refractivity contribution in [1.29, 1.82) is 0 Å². The number of hydrogen-bond donors (Lipinski definition) is 1. The summed E-state index contributed by atoms with van der Waals surface area (Å²) >= 11 is 3.51. The molecule has 4 nitrogen and oxygen atoms in total. The minimum atomic E-state index is 0.00184. The second-order valence-corrected chi connectivity index (χ2v) is 9.77. The fourth-order valence-electron chi connectivity index (χ4n) is 4.54. The average molecular weight is 494 g/mol. The van der Waals surface area contributed by atoms with Crippen LogP contribution in [0.3, 0.4) is 0 Å². The number of hydrogen-bond acceptors (Lipinski definition) is 1. The van der Waals surface area contributed by atoms with E-state index >= 15 is 0 Å². The lowest BCUT2D eigenvalue weighted by Gasteiger charge is -2.35. The Morgan fingerprint density at radius 2 is 1.78 bits per heavy atom. The van der Waals surface area contributed by atoms with Gasteiger partial charge in [-0.3, -0.25) is 0 Å². The molecule has 168 valence electrons. The van der Waals surface area contributed by atoms with E-state index in [9.17, 15) is 4.79 Å². The first-order chi connectivity index (χ1) is 15.5. The van der Waals surface area contributed by atoms with Crippen molar-refractivity contribution >= 4 is 27.6 Å². The van der Waals surface area contributed by atoms with E-state index in [4.69, 9.17) is 0 Å². The van der Waals surface area contributed by atoms with Gasteiger partial charge in [0.15, 0.2) is 0 Å². The number of aryl methyl sites for hydroxylation is 1. The Bertz CT molecular complexity index is 1050. The molecule has 0 unspecified atom stereocenters. The summed E-state index contributed by atoms with van der Waals surface area (Å²) in [5.74, 6) is 0. The number of urea groups is 1. The zero-order chi connectivity index (χ0) is 22.5. The summed E-state index contributed by atoms with van der Waals surface area (Å²) in [4.78, 5) is 15.6. The highest BCUT2D eigenvalue weighted by Gasteiger charge is 2.27. The van der Waals surface area contributed by atoms with Crippen LogP contribution in [0.4, 0.5) is 10.5 Å². The Morgan fingerprint density at radius 3 is 2.53 bits per heavy atom. The van der Waals surface area contributed by atoms with Gasteiger partial charge in [0.05, 0.1) is 6.54 Å². The summed E-state index contributed by atoms with van der Waals surface area (Å²) in [6.45, 7) is 5.57. The van der Waals surface area contributed by atoms with Crippen LogP contribution in [-0.2, 0) is 13.1 Å². The molecule has 3 aromatic rings. The molecule has 1 fully saturated rings. The fraction of sp³-hybridized carbons (Fsp3) is 0.370. The summed E-state index contributed by atoms with van der Waals surface area (Å²) in [6.07, 6.45) is 7.92. The Kier molecular flexibility index (Phi) is 7.36. The SMILES string of the molecule is Cc1cccc(NC(=O)N(Cc2cccn2Cc2ccc(Br)cc2)C2CCCCC2)c1C. The van der Waals surface area contributed by atoms with Crippen molar-refractivity contribution in [2.45, 2.75) is 65.1 Å². The Hall–Kier alpha value is -2.53. The lowest BCUT2D eigenvalue weighted by atomic mass is 9.94. The number of nitrogens with one attached hydrogen (secondary N) is 1. The van der Waals surface area contributed by atoms with Crippen LogP contribution in [0.25, 0.3) is 0 Å². The van der Waals surface area contributed by atoms with Gasteiger partial charge >= 0.3 is 6.03 Å². The molecule has 5 heteroatoms. The number of halogens is 1. The number of carbonyl (C=O) groups excluding carboxylic acids is 1. The summed E-state index contributed by atoms with van der Waals surface area (Å²) in [7, 11) is 0. The molecule has 4 rings (SSSR count). The molecule has 0 saturated heterocycles. The first-order valence-electron chi connectivity index (χ1n) is 11.5. The topological polar surface area (TPSA) is 37.3 Å². The normalized spacial score (nSPS) is 14.3. The molecule has 32 heavy (non-hydrogen) atoms. The van der Waals surface area contributed by atoms with Crippen LogP contribution in [0.2, 0.25) is 0 Å². The Morgan fingerprint density at radius 1 is 1.03 bits per heavy atom. The van der Waals surface area contributed by atoms with Crippen LogP contribution in [0.5, 0.6) is 0 Å². The molecule has 1 aliphatic carbocycles. The van der Waals surface area contributed by atoms with Crippen LogP contribution in [0, 0.1) is 13.8 Å². The smallest absolute Gasteiger partial charge is 0.322 e. The van der Waals surface area contributed by atoms with Crippen molar-refractivity contribution < 1.29 is 4.79 Å². The zero-order valence-electron chi connectivity index (χ0n) is 19.0. The van der Waals surface area contributed by atoms with Gasteiger partial charge in [0.2, 0.25) is 0 Å². The Balaban J connectivity index is 1.55. The third-order valence-electron chi connectivity index (χ3n) is 6.64. The second kappa shape index (κ2) is 10.4. The van der Waals surface area contributed by atoms with Crippen molar-refractivity contribution in [2.24, 2.45) is 0 Å². The van der Waals surface area contributed by atoms with Gasteiger partial charge in [-0.25, -0.2) is 4.79 Å². The number of anilines is 1. The quantitative estimate of drug-likeness (QED) is 0.384. The number of rotatable bonds is 6. The molecular weight excluding hydrogens is 462 g/mol. The third kappa shape index (κ3) is 5.44. The van der Waals surface area contributed by atoms with Gasteiger partial charge in [0.1, 0.15) is 0 Å². The van der Waals surface area contributed by atoms with Crippen molar-refractivity contribution in [2.75, 3.05) is 5.32 Å². The molecule has 2 aromatic carbocycles. The minimum absolute atomic E-state index is 0.00184. The summed E-state index contributed by atoms with van der Waals surface area (Å²) in [6, 6.07) is 19.0. The van der Waals surface area contributed by atoms with Gasteiger partial charge < -0.3 is 14.8 Å². The highest BCUT2D eigenvalue weighted by atomic mass is 79.9. The van der Waals surface area contributed by atoms with E-state index in [0.717, 1.165) is 40.8 Å². The molecule has 1 aromatic heterocycles. The van der Waals surface area contributed by atoms with E-state index < -0.39 is 0 Å². The number of nitrogens with zero attached hydrogens (tertiary/aromatic N) is 2. The minimum Gasteiger partial charge on any atom is -0.345 e. The second-order valence-electron chi connectivity index (χ2n) is 8.85. The number of amides is 2. The number of carbonyl (C=O) groups is 1. The molecule has 0 radical (unpaired) electrons. The lowest BCUT2D eigenvalue weighted by Crippen LogP contribution is -2.43. The maximum atomic E-state index is 13.5. The molecule has 2 amide bonds. The van der Waals surface area contributed by atoms with Crippen LogP contribution in [0.1, 0.15) is 54.5 Å². The standard InChI is InChI=1S/C27H32BrN3O/c1-20-8-6-12-26(21(20)2)29-27(32)31(24-9-4-3-5-10-24)19-25-11-7-17-30(25)18-22-13-15-23(28)16-14-22/h6-8,11-17,24H,3-5,9-10,18-19H2,1-2H3,(H,29,32). The highest BCUT2D eigenvalue weighted by Crippen LogP contribution is 2.26. The average Bonchev–Trinajstić information content (AvgIpc) is 3.24. The van der Waals surface area contributed by atoms with E-state index in [1.54, 1.807) is 0 Å². The van der Waals surface area contributed by atoms with Gasteiger partial charge in [0, 0.05) is 34.6 Å². The predicted octanol–water partition coefficient (Wildman–Crippen LogP) is 7.28. The largest absolute Gasteiger partial charge is 0.345 e. The maximum absolute atomic E-state index is 13.5. The first-order valence-corrected chi connectivity index (χ1v) is 12.3. The van der Waals surface area contributed by atoms with Gasteiger partial charge in [0.25, 0.3) is 0 Å². The van der Waals surface area contributed by atoms with Crippen molar-refractivity contribution in [3.05, 3.63) is 87.7 Å². The highest BCUT2D eigenvalue weighted by molar-refractivity contribution is 9.10. The fourth-order valence-corrected chi connectivity index (χ4v) is 4.81. The van der Waals surface area contributed by atoms with Gasteiger partial charge in [-0.05, 0) is 73.7 Å². The van der Waals surface area contributed by atoms with Gasteiger partial charge in [-0.1, -0.05) is 59.5 Å². The van der Waals surface area contributed by atoms with Crippen molar-refractivity contribution in [3.8, 4) is 0 Å². The van der Waals surface area contributed by atoms with E-state index in [2.05, 4.69) is 93.2 Å². The predicted molar refractivity (Wildman–Crippen MR) is 135 cm³/mol. The summed E-state index contributed by atoms with van der Waals surface area (Å²) < 4.78 is 3.34. The third-order valence-corrected chi connectivity index (χ3v) is 7.17. The number of benzene rings is 2. The summed E-state index contributed by atoms with van der Waals surface area (Å²) in [5, 5.41) is 3.21. The molecule has 1 aliphatic rings. The van der Waals surface area contributed by atoms with E-state index in [1.807, 2.05) is 12.1 Å². The molecule has 1 heterocycles. The number of aromatic nitrogens is 1. The van der Waals surface area contributed by atoms with Crippen LogP contribution in [0.15, 0.2) is 65.3 Å². The lowest BCUT2D eigenvalue weighted by molar-refractivity contribution is 0.161. The van der Waals surface area contributed by atoms with Gasteiger partial charge in [-0.2, -0.15) is 0 Å². The van der Waals surface area contributed by atoms with E-state index in [0.29, 0.717) is 6.54 Å². The van der Waals surface area contributed by atoms with Crippen LogP contribution < -0.4 is 5.32 Å².